The first kappa shape index (κ1) is 16.6. The highest BCUT2D eigenvalue weighted by Crippen LogP contribution is 2.25. The summed E-state index contributed by atoms with van der Waals surface area (Å²) in [6, 6.07) is 11.3. The van der Waals surface area contributed by atoms with E-state index < -0.39 is 0 Å². The van der Waals surface area contributed by atoms with Crippen LogP contribution in [0.2, 0.25) is 0 Å². The zero-order valence-electron chi connectivity index (χ0n) is 14.3. The number of carbonyl (C=O) groups is 2. The first-order valence-corrected chi connectivity index (χ1v) is 8.86. The molecule has 4 rings (SSSR count). The highest BCUT2D eigenvalue weighted by Gasteiger charge is 2.30. The molecule has 2 amide bonds. The number of benzene rings is 2. The molecule has 2 aromatic rings. The highest BCUT2D eigenvalue weighted by atomic mass is 19.1. The first-order chi connectivity index (χ1) is 12.6. The summed E-state index contributed by atoms with van der Waals surface area (Å²) in [6.45, 7) is 1.22. The molecule has 26 heavy (non-hydrogen) atoms. The minimum atomic E-state index is -0.359. The zero-order valence-corrected chi connectivity index (χ0v) is 14.3. The molecule has 0 saturated carbocycles. The molecule has 2 heterocycles. The van der Waals surface area contributed by atoms with Crippen LogP contribution < -0.4 is 15.5 Å². The Morgan fingerprint density at radius 1 is 1.15 bits per heavy atom. The van der Waals surface area contributed by atoms with E-state index in [2.05, 4.69) is 10.6 Å². The third-order valence-corrected chi connectivity index (χ3v) is 4.93. The minimum absolute atomic E-state index is 0.0520. The molecule has 2 N–H and O–H groups in total. The number of fused-ring (bicyclic) bond motifs is 1. The molecule has 134 valence electrons. The van der Waals surface area contributed by atoms with Crippen LogP contribution in [-0.2, 0) is 11.2 Å². The van der Waals surface area contributed by atoms with Gasteiger partial charge in [-0.3, -0.25) is 9.59 Å². The molecule has 1 unspecified atom stereocenters. The monoisotopic (exact) mass is 353 g/mol. The molecule has 1 saturated heterocycles. The number of carbonyl (C=O) groups excluding carboxylic acids is 2. The predicted octanol–water partition coefficient (Wildman–Crippen LogP) is 2.72. The second-order valence-electron chi connectivity index (χ2n) is 6.69. The molecule has 1 fully saturated rings. The van der Waals surface area contributed by atoms with Crippen molar-refractivity contribution < 1.29 is 14.0 Å². The van der Waals surface area contributed by atoms with Crippen LogP contribution in [0.5, 0.6) is 0 Å². The molecule has 0 radical (unpaired) electrons. The van der Waals surface area contributed by atoms with Crippen molar-refractivity contribution in [1.82, 2.24) is 5.32 Å². The third kappa shape index (κ3) is 3.14. The van der Waals surface area contributed by atoms with E-state index in [-0.39, 0.29) is 23.7 Å². The number of nitrogens with one attached hydrogen (secondary N) is 2. The summed E-state index contributed by atoms with van der Waals surface area (Å²) < 4.78 is 13.5. The van der Waals surface area contributed by atoms with Crippen molar-refractivity contribution in [2.45, 2.75) is 25.3 Å². The van der Waals surface area contributed by atoms with Crippen LogP contribution in [0.15, 0.2) is 42.5 Å². The average Bonchev–Trinajstić information content (AvgIpc) is 2.64. The molecule has 0 bridgehead atoms. The van der Waals surface area contributed by atoms with Gasteiger partial charge in [0.1, 0.15) is 11.9 Å². The van der Waals surface area contributed by atoms with Gasteiger partial charge in [-0.1, -0.05) is 6.07 Å². The van der Waals surface area contributed by atoms with Crippen molar-refractivity contribution >= 4 is 23.2 Å². The summed E-state index contributed by atoms with van der Waals surface area (Å²) in [4.78, 5) is 26.3. The van der Waals surface area contributed by atoms with Crippen molar-refractivity contribution in [1.29, 1.82) is 0 Å². The maximum atomic E-state index is 13.5. The van der Waals surface area contributed by atoms with E-state index >= 15 is 0 Å². The lowest BCUT2D eigenvalue weighted by molar-refractivity contribution is -0.120. The second-order valence-corrected chi connectivity index (χ2v) is 6.69. The van der Waals surface area contributed by atoms with Gasteiger partial charge in [0.05, 0.1) is 0 Å². The fourth-order valence-corrected chi connectivity index (χ4v) is 3.63. The molecule has 0 spiro atoms. The van der Waals surface area contributed by atoms with Crippen molar-refractivity contribution in [3.05, 3.63) is 59.4 Å². The van der Waals surface area contributed by atoms with Gasteiger partial charge >= 0.3 is 0 Å². The molecule has 2 aliphatic rings. The molecule has 1 atom stereocenters. The number of anilines is 2. The summed E-state index contributed by atoms with van der Waals surface area (Å²) in [6.07, 6.45) is 2.35. The fourth-order valence-electron chi connectivity index (χ4n) is 3.63. The van der Waals surface area contributed by atoms with Gasteiger partial charge in [0.15, 0.2) is 0 Å². The van der Waals surface area contributed by atoms with Crippen LogP contribution in [0.4, 0.5) is 15.8 Å². The number of hydrogen-bond donors (Lipinski definition) is 2. The molecule has 2 aliphatic heterocycles. The van der Waals surface area contributed by atoms with Crippen LogP contribution >= 0.6 is 0 Å². The van der Waals surface area contributed by atoms with Gasteiger partial charge in [0.2, 0.25) is 5.91 Å². The summed E-state index contributed by atoms with van der Waals surface area (Å²) >= 11 is 0. The van der Waals surface area contributed by atoms with E-state index in [0.717, 1.165) is 30.5 Å². The average molecular weight is 353 g/mol. The maximum absolute atomic E-state index is 13.5. The molecule has 2 aromatic carbocycles. The summed E-state index contributed by atoms with van der Waals surface area (Å²) in [5.41, 5.74) is 3.10. The van der Waals surface area contributed by atoms with E-state index in [1.807, 2.05) is 12.1 Å². The van der Waals surface area contributed by atoms with E-state index in [9.17, 15) is 14.0 Å². The van der Waals surface area contributed by atoms with Gasteiger partial charge in [-0.25, -0.2) is 4.39 Å². The van der Waals surface area contributed by atoms with Gasteiger partial charge in [0.25, 0.3) is 5.91 Å². The Labute approximate surface area is 151 Å². The van der Waals surface area contributed by atoms with Crippen molar-refractivity contribution in [2.24, 2.45) is 0 Å². The van der Waals surface area contributed by atoms with E-state index in [1.165, 1.54) is 12.1 Å². The van der Waals surface area contributed by atoms with Crippen LogP contribution in [0, 0.1) is 5.82 Å². The van der Waals surface area contributed by atoms with Crippen LogP contribution in [0.1, 0.15) is 28.8 Å². The topological polar surface area (TPSA) is 61.4 Å². The Morgan fingerprint density at radius 3 is 2.88 bits per heavy atom. The Morgan fingerprint density at radius 2 is 2.04 bits per heavy atom. The second kappa shape index (κ2) is 6.78. The van der Waals surface area contributed by atoms with Crippen molar-refractivity contribution in [2.75, 3.05) is 23.3 Å². The SMILES string of the molecule is O=C1NCCc2cc(NC3CCCN(c4cccc(F)c4)C3=O)ccc21. The predicted molar refractivity (Wildman–Crippen MR) is 97.9 cm³/mol. The van der Waals surface area contributed by atoms with Crippen LogP contribution in [-0.4, -0.2) is 30.9 Å². The lowest BCUT2D eigenvalue weighted by Crippen LogP contribution is -2.47. The quantitative estimate of drug-likeness (QED) is 0.892. The van der Waals surface area contributed by atoms with Gasteiger partial charge in [0, 0.05) is 30.0 Å². The van der Waals surface area contributed by atoms with Crippen molar-refractivity contribution in [3.8, 4) is 0 Å². The van der Waals surface area contributed by atoms with Crippen LogP contribution in [0.25, 0.3) is 0 Å². The molecular weight excluding hydrogens is 333 g/mol. The van der Waals surface area contributed by atoms with Crippen molar-refractivity contribution in [3.63, 3.8) is 0 Å². The Hall–Kier alpha value is -2.89. The smallest absolute Gasteiger partial charge is 0.251 e. The third-order valence-electron chi connectivity index (χ3n) is 4.93. The normalized spacial score (nSPS) is 19.7. The lowest BCUT2D eigenvalue weighted by atomic mass is 9.98. The standard InChI is InChI=1S/C20H20FN3O2/c21-14-3-1-4-16(12-14)24-10-2-5-18(20(24)26)23-15-6-7-17-13(11-15)8-9-22-19(17)25/h1,3-4,6-7,11-12,18,23H,2,5,8-10H2,(H,22,25). The number of piperidine rings is 1. The molecular formula is C20H20FN3O2. The highest BCUT2D eigenvalue weighted by molar-refractivity contribution is 6.00. The Kier molecular flexibility index (Phi) is 4.32. The minimum Gasteiger partial charge on any atom is -0.374 e. The number of halogens is 1. The van der Waals surface area contributed by atoms with Gasteiger partial charge in [-0.15, -0.1) is 0 Å². The number of hydrogen-bond acceptors (Lipinski definition) is 3. The molecule has 0 aromatic heterocycles. The zero-order chi connectivity index (χ0) is 18.1. The molecule has 6 heteroatoms. The number of amides is 2. The largest absolute Gasteiger partial charge is 0.374 e. The van der Waals surface area contributed by atoms with E-state index in [0.29, 0.717) is 24.3 Å². The van der Waals surface area contributed by atoms with Gasteiger partial charge in [-0.2, -0.15) is 0 Å². The maximum Gasteiger partial charge on any atom is 0.251 e. The van der Waals surface area contributed by atoms with Gasteiger partial charge < -0.3 is 15.5 Å². The van der Waals surface area contributed by atoms with Crippen LogP contribution in [0.3, 0.4) is 0 Å². The fraction of sp³-hybridized carbons (Fsp3) is 0.300. The van der Waals surface area contributed by atoms with E-state index in [4.69, 9.17) is 0 Å². The summed E-state index contributed by atoms with van der Waals surface area (Å²) in [7, 11) is 0. The summed E-state index contributed by atoms with van der Waals surface area (Å²) in [5, 5.41) is 6.12. The number of rotatable bonds is 3. The van der Waals surface area contributed by atoms with E-state index in [1.54, 1.807) is 23.1 Å². The number of nitrogens with zero attached hydrogens (tertiary/aromatic N) is 1. The first-order valence-electron chi connectivity index (χ1n) is 8.86. The summed E-state index contributed by atoms with van der Waals surface area (Å²) in [5.74, 6) is -0.459. The molecule has 5 nitrogen and oxygen atoms in total. The Bertz CT molecular complexity index is 868. The Balaban J connectivity index is 1.53. The molecule has 0 aliphatic carbocycles. The van der Waals surface area contributed by atoms with Gasteiger partial charge in [-0.05, 0) is 61.2 Å². The lowest BCUT2D eigenvalue weighted by Gasteiger charge is -2.33.